The van der Waals surface area contributed by atoms with Gasteiger partial charge in [-0.15, -0.1) is 0 Å². The van der Waals surface area contributed by atoms with E-state index in [0.717, 1.165) is 28.7 Å². The summed E-state index contributed by atoms with van der Waals surface area (Å²) in [6.07, 6.45) is 2.32. The highest BCUT2D eigenvalue weighted by molar-refractivity contribution is 6.93. The second kappa shape index (κ2) is 13.5. The maximum atomic E-state index is 7.42. The largest absolute Gasteiger partial charge is 0.466 e. The van der Waals surface area contributed by atoms with E-state index in [-0.39, 0.29) is 17.7 Å². The minimum atomic E-state index is -0.590. The Morgan fingerprint density at radius 2 is 1.09 bits per heavy atom. The lowest BCUT2D eigenvalue weighted by molar-refractivity contribution is 0.332. The molecule has 314 valence electrons. The van der Waals surface area contributed by atoms with E-state index in [0.29, 0.717) is 0 Å². The van der Waals surface area contributed by atoms with Crippen LogP contribution in [0.1, 0.15) is 85.0 Å². The third-order valence-electron chi connectivity index (χ3n) is 15.8. The Kier molecular flexibility index (Phi) is 7.98. The van der Waals surface area contributed by atoms with E-state index in [1.165, 1.54) is 101 Å². The van der Waals surface area contributed by atoms with Crippen LogP contribution in [-0.2, 0) is 16.2 Å². The minimum Gasteiger partial charge on any atom is -0.466 e. The van der Waals surface area contributed by atoms with E-state index >= 15 is 0 Å². The number of benzene rings is 8. The molecule has 0 atom stereocenters. The summed E-state index contributed by atoms with van der Waals surface area (Å²) in [5, 5.41) is 1.13. The molecule has 3 aliphatic heterocycles. The van der Waals surface area contributed by atoms with Crippen LogP contribution in [0.4, 0.5) is 28.4 Å². The lowest BCUT2D eigenvalue weighted by Crippen LogP contribution is -2.63. The van der Waals surface area contributed by atoms with Crippen LogP contribution in [0.3, 0.4) is 0 Å². The first-order valence-electron chi connectivity index (χ1n) is 23.4. The van der Waals surface area contributed by atoms with Crippen molar-refractivity contribution < 1.29 is 4.42 Å². The summed E-state index contributed by atoms with van der Waals surface area (Å²) < 4.78 is 7.42. The van der Waals surface area contributed by atoms with E-state index < -0.39 is 5.41 Å². The first kappa shape index (κ1) is 38.4. The standard InChI is InChI=1S/C61H51BN2O/c1-38-20-13-14-25-43(38)40-35-46-44-27-19-29-48-56(44)64(51-30-17-16-28-47(51)61(48,41-21-9-7-10-22-41)42-23-11-8-12-24-42)62-55(46)53(36-40)63(57-45-26-15-18-31-54(45)65-58(57)62)52-37-50-49(34-39(52)2)59(3,4)32-33-60(50,5)6/h7-31,34-37H,32-33H2,1-6H3. The van der Waals surface area contributed by atoms with Crippen molar-refractivity contribution in [3.05, 3.63) is 220 Å². The predicted octanol–water partition coefficient (Wildman–Crippen LogP) is 14.5. The lowest BCUT2D eigenvalue weighted by atomic mass is 9.44. The number of rotatable bonds is 4. The number of anilines is 5. The fraction of sp³-hybridized carbons (Fsp3) is 0.180. The Morgan fingerprint density at radius 3 is 1.83 bits per heavy atom. The molecule has 4 aliphatic rings. The molecule has 0 N–H and O–H groups in total. The zero-order valence-electron chi connectivity index (χ0n) is 38.0. The van der Waals surface area contributed by atoms with Gasteiger partial charge in [0, 0.05) is 33.7 Å². The summed E-state index contributed by atoms with van der Waals surface area (Å²) in [6, 6.07) is 66.3. The Hall–Kier alpha value is -7.04. The van der Waals surface area contributed by atoms with Gasteiger partial charge in [-0.05, 0) is 141 Å². The molecule has 3 nitrogen and oxygen atoms in total. The summed E-state index contributed by atoms with van der Waals surface area (Å²) in [7, 11) is 0. The highest BCUT2D eigenvalue weighted by atomic mass is 16.3. The highest BCUT2D eigenvalue weighted by Gasteiger charge is 2.55. The van der Waals surface area contributed by atoms with Gasteiger partial charge in [-0.25, -0.2) is 0 Å². The van der Waals surface area contributed by atoms with Gasteiger partial charge >= 0.3 is 6.85 Å². The molecule has 9 aromatic rings. The fourth-order valence-electron chi connectivity index (χ4n) is 12.6. The van der Waals surface area contributed by atoms with E-state index in [9.17, 15) is 0 Å². The van der Waals surface area contributed by atoms with Crippen molar-refractivity contribution in [2.24, 2.45) is 0 Å². The molecule has 4 heteroatoms. The van der Waals surface area contributed by atoms with Crippen molar-refractivity contribution in [1.82, 2.24) is 0 Å². The van der Waals surface area contributed by atoms with E-state index in [1.54, 1.807) is 0 Å². The summed E-state index contributed by atoms with van der Waals surface area (Å²) in [6.45, 7) is 14.1. The number of aryl methyl sites for hydroxylation is 2. The van der Waals surface area contributed by atoms with Crippen LogP contribution in [0.25, 0.3) is 33.2 Å². The van der Waals surface area contributed by atoms with Gasteiger partial charge in [0.25, 0.3) is 0 Å². The van der Waals surface area contributed by atoms with Crippen molar-refractivity contribution in [3.63, 3.8) is 0 Å². The number of furan rings is 1. The average Bonchev–Trinajstić information content (AvgIpc) is 3.71. The molecule has 4 heterocycles. The van der Waals surface area contributed by atoms with Gasteiger partial charge < -0.3 is 14.1 Å². The third-order valence-corrected chi connectivity index (χ3v) is 15.8. The quantitative estimate of drug-likeness (QED) is 0.165. The third kappa shape index (κ3) is 5.14. The smallest absolute Gasteiger partial charge is 0.375 e. The molecule has 0 radical (unpaired) electrons. The molecule has 0 amide bonds. The molecule has 0 unspecified atom stereocenters. The molecule has 0 spiro atoms. The van der Waals surface area contributed by atoms with Crippen LogP contribution in [-0.4, -0.2) is 6.85 Å². The topological polar surface area (TPSA) is 19.6 Å². The zero-order valence-corrected chi connectivity index (χ0v) is 38.0. The second-order valence-corrected chi connectivity index (χ2v) is 20.3. The molecule has 13 rings (SSSR count). The number of nitrogens with zero attached hydrogens (tertiary/aromatic N) is 2. The van der Waals surface area contributed by atoms with Crippen LogP contribution in [0.2, 0.25) is 0 Å². The van der Waals surface area contributed by atoms with Crippen molar-refractivity contribution in [3.8, 4) is 22.3 Å². The molecule has 0 bridgehead atoms. The van der Waals surface area contributed by atoms with E-state index in [2.05, 4.69) is 227 Å². The molecule has 0 fully saturated rings. The van der Waals surface area contributed by atoms with Crippen molar-refractivity contribution in [2.45, 2.75) is 70.6 Å². The van der Waals surface area contributed by atoms with E-state index in [4.69, 9.17) is 4.42 Å². The molecule has 8 aromatic carbocycles. The highest BCUT2D eigenvalue weighted by Crippen LogP contribution is 2.61. The Morgan fingerprint density at radius 1 is 0.477 bits per heavy atom. The van der Waals surface area contributed by atoms with Crippen LogP contribution in [0.15, 0.2) is 180 Å². The summed E-state index contributed by atoms with van der Waals surface area (Å²) in [4.78, 5) is 5.27. The number of hydrogen-bond donors (Lipinski definition) is 0. The average molecular weight is 839 g/mol. The summed E-state index contributed by atoms with van der Waals surface area (Å²) >= 11 is 0. The van der Waals surface area contributed by atoms with Crippen molar-refractivity contribution in [1.29, 1.82) is 0 Å². The van der Waals surface area contributed by atoms with Gasteiger partial charge in [0.05, 0.1) is 11.1 Å². The summed E-state index contributed by atoms with van der Waals surface area (Å²) in [5.41, 5.74) is 24.1. The van der Waals surface area contributed by atoms with Gasteiger partial charge in [-0.3, -0.25) is 0 Å². The van der Waals surface area contributed by atoms with Gasteiger partial charge in [0.2, 0.25) is 0 Å². The van der Waals surface area contributed by atoms with Crippen LogP contribution < -0.4 is 20.8 Å². The molecule has 0 saturated carbocycles. The summed E-state index contributed by atoms with van der Waals surface area (Å²) in [5.74, 6) is 0. The minimum absolute atomic E-state index is 0.0339. The molecular formula is C61H51BN2O. The first-order valence-corrected chi connectivity index (χ1v) is 23.4. The molecule has 0 saturated heterocycles. The Balaban J connectivity index is 1.20. The van der Waals surface area contributed by atoms with E-state index in [1.807, 2.05) is 0 Å². The lowest BCUT2D eigenvalue weighted by Gasteiger charge is -2.52. The van der Waals surface area contributed by atoms with Gasteiger partial charge in [-0.1, -0.05) is 167 Å². The molecule has 65 heavy (non-hydrogen) atoms. The van der Waals surface area contributed by atoms with Crippen LogP contribution in [0.5, 0.6) is 0 Å². The Bertz CT molecular complexity index is 3390. The fourth-order valence-corrected chi connectivity index (χ4v) is 12.6. The maximum absolute atomic E-state index is 7.42. The van der Waals surface area contributed by atoms with Crippen molar-refractivity contribution in [2.75, 3.05) is 9.71 Å². The zero-order chi connectivity index (χ0) is 44.0. The van der Waals surface area contributed by atoms with Crippen LogP contribution in [0, 0.1) is 13.8 Å². The molecular weight excluding hydrogens is 787 g/mol. The molecule has 1 aliphatic carbocycles. The number of hydrogen-bond acceptors (Lipinski definition) is 3. The monoisotopic (exact) mass is 838 g/mol. The predicted molar refractivity (Wildman–Crippen MR) is 272 cm³/mol. The number of para-hydroxylation sites is 3. The normalized spacial score (nSPS) is 16.6. The van der Waals surface area contributed by atoms with Gasteiger partial charge in [-0.2, -0.15) is 0 Å². The molecule has 1 aromatic heterocycles. The Labute approximate surface area is 383 Å². The van der Waals surface area contributed by atoms with Crippen LogP contribution >= 0.6 is 0 Å². The first-order chi connectivity index (χ1) is 31.6. The maximum Gasteiger partial charge on any atom is 0.375 e. The SMILES string of the molecule is Cc1ccccc1-c1cc2c3c(c1)N(c1cc4c(cc1C)C(C)(C)CCC4(C)C)c1c(oc4ccccc14)B3N1c3ccccc3C(c3ccccc3)(c3ccccc3)c3cccc-2c31. The van der Waals surface area contributed by atoms with Crippen molar-refractivity contribution >= 4 is 57.4 Å². The van der Waals surface area contributed by atoms with Gasteiger partial charge in [0.1, 0.15) is 11.2 Å². The number of fused-ring (bicyclic) bond motifs is 9. The second-order valence-electron chi connectivity index (χ2n) is 20.3. The van der Waals surface area contributed by atoms with Gasteiger partial charge in [0.15, 0.2) is 0 Å².